The van der Waals surface area contributed by atoms with Crippen LogP contribution in [0.4, 0.5) is 0 Å². The topological polar surface area (TPSA) is 23.5 Å². The summed E-state index contributed by atoms with van der Waals surface area (Å²) in [4.78, 5) is 2.13. The summed E-state index contributed by atoms with van der Waals surface area (Å²) >= 11 is 6.16. The van der Waals surface area contributed by atoms with Gasteiger partial charge in [0.15, 0.2) is 0 Å². The van der Waals surface area contributed by atoms with Crippen molar-refractivity contribution in [1.29, 1.82) is 0 Å². The van der Waals surface area contributed by atoms with Crippen LogP contribution >= 0.6 is 11.6 Å². The number of aliphatic hydroxyl groups is 1. The Balaban J connectivity index is 2.92. The summed E-state index contributed by atoms with van der Waals surface area (Å²) in [6.07, 6.45) is 2.02. The molecule has 1 aromatic rings. The van der Waals surface area contributed by atoms with Crippen LogP contribution in [0, 0.1) is 0 Å². The van der Waals surface area contributed by atoms with Gasteiger partial charge in [-0.2, -0.15) is 0 Å². The second-order valence-corrected chi connectivity index (χ2v) is 5.42. The van der Waals surface area contributed by atoms with Gasteiger partial charge in [-0.3, -0.25) is 0 Å². The molecular formula is C15H24ClNO. The number of halogens is 1. The first-order valence-corrected chi connectivity index (χ1v) is 6.94. The first kappa shape index (κ1) is 15.5. The highest BCUT2D eigenvalue weighted by molar-refractivity contribution is 6.31. The average molecular weight is 270 g/mol. The molecule has 1 rings (SSSR count). The number of hydrogen-bond acceptors (Lipinski definition) is 2. The van der Waals surface area contributed by atoms with Crippen LogP contribution < -0.4 is 0 Å². The van der Waals surface area contributed by atoms with Gasteiger partial charge >= 0.3 is 0 Å². The highest BCUT2D eigenvalue weighted by Crippen LogP contribution is 2.29. The van der Waals surface area contributed by atoms with Gasteiger partial charge in [0.05, 0.1) is 6.10 Å². The van der Waals surface area contributed by atoms with E-state index in [1.165, 1.54) is 0 Å². The summed E-state index contributed by atoms with van der Waals surface area (Å²) in [5.74, 6) is 0. The highest BCUT2D eigenvalue weighted by Gasteiger charge is 2.36. The average Bonchev–Trinajstić information content (AvgIpc) is 2.34. The molecule has 0 bridgehead atoms. The van der Waals surface area contributed by atoms with Crippen molar-refractivity contribution in [3.63, 3.8) is 0 Å². The number of hydrogen-bond donors (Lipinski definition) is 1. The van der Waals surface area contributed by atoms with E-state index in [0.717, 1.165) is 23.4 Å². The predicted octanol–water partition coefficient (Wildman–Crippen LogP) is 3.36. The molecule has 0 heterocycles. The van der Waals surface area contributed by atoms with Gasteiger partial charge in [-0.25, -0.2) is 0 Å². The van der Waals surface area contributed by atoms with Gasteiger partial charge < -0.3 is 10.0 Å². The molecule has 1 atom stereocenters. The van der Waals surface area contributed by atoms with Crippen molar-refractivity contribution in [1.82, 2.24) is 4.90 Å². The number of rotatable bonds is 6. The number of nitrogens with zero attached hydrogens (tertiary/aromatic N) is 1. The quantitative estimate of drug-likeness (QED) is 0.856. The Labute approximate surface area is 116 Å². The zero-order chi connectivity index (χ0) is 13.8. The van der Waals surface area contributed by atoms with Crippen LogP contribution in [0.15, 0.2) is 24.3 Å². The van der Waals surface area contributed by atoms with E-state index < -0.39 is 6.10 Å². The van der Waals surface area contributed by atoms with Crippen LogP contribution in [0.2, 0.25) is 5.02 Å². The molecule has 1 unspecified atom stereocenters. The minimum absolute atomic E-state index is 0.181. The molecule has 0 radical (unpaired) electrons. The third-order valence-electron chi connectivity index (χ3n) is 4.11. The summed E-state index contributed by atoms with van der Waals surface area (Å²) in [5.41, 5.74) is 0.832. The van der Waals surface area contributed by atoms with E-state index >= 15 is 0 Å². The van der Waals surface area contributed by atoms with Gasteiger partial charge in [0.25, 0.3) is 0 Å². The molecule has 1 aromatic carbocycles. The van der Waals surface area contributed by atoms with Crippen molar-refractivity contribution in [2.75, 3.05) is 14.1 Å². The molecule has 102 valence electrons. The summed E-state index contributed by atoms with van der Waals surface area (Å²) in [6.45, 7) is 4.25. The van der Waals surface area contributed by atoms with Crippen LogP contribution in [-0.2, 0) is 6.42 Å². The van der Waals surface area contributed by atoms with Gasteiger partial charge in [0.1, 0.15) is 0 Å². The van der Waals surface area contributed by atoms with Gasteiger partial charge in [-0.1, -0.05) is 43.6 Å². The normalized spacial score (nSPS) is 13.9. The third-order valence-corrected chi connectivity index (χ3v) is 4.48. The molecule has 0 aliphatic carbocycles. The molecule has 0 aromatic heterocycles. The van der Waals surface area contributed by atoms with E-state index in [0.29, 0.717) is 6.42 Å². The molecule has 2 nitrogen and oxygen atoms in total. The molecule has 0 amide bonds. The molecule has 0 saturated heterocycles. The largest absolute Gasteiger partial charge is 0.391 e. The van der Waals surface area contributed by atoms with Crippen LogP contribution in [0.25, 0.3) is 0 Å². The Bertz CT molecular complexity index is 375. The lowest BCUT2D eigenvalue weighted by molar-refractivity contribution is -0.0125. The van der Waals surface area contributed by atoms with Gasteiger partial charge in [0, 0.05) is 17.0 Å². The first-order chi connectivity index (χ1) is 8.47. The maximum Gasteiger partial charge on any atom is 0.0764 e. The summed E-state index contributed by atoms with van der Waals surface area (Å²) in [5, 5.41) is 11.3. The van der Waals surface area contributed by atoms with Crippen molar-refractivity contribution >= 4 is 11.6 Å². The predicted molar refractivity (Wildman–Crippen MR) is 78.2 cm³/mol. The third kappa shape index (κ3) is 3.05. The zero-order valence-electron chi connectivity index (χ0n) is 11.8. The Morgan fingerprint density at radius 1 is 1.22 bits per heavy atom. The maximum atomic E-state index is 10.6. The molecule has 3 heteroatoms. The lowest BCUT2D eigenvalue weighted by atomic mass is 9.82. The maximum absolute atomic E-state index is 10.6. The monoisotopic (exact) mass is 269 g/mol. The smallest absolute Gasteiger partial charge is 0.0764 e. The van der Waals surface area contributed by atoms with E-state index in [4.69, 9.17) is 11.6 Å². The Hall–Kier alpha value is -0.570. The van der Waals surface area contributed by atoms with E-state index in [-0.39, 0.29) is 5.54 Å². The lowest BCUT2D eigenvalue weighted by Gasteiger charge is -2.42. The summed E-state index contributed by atoms with van der Waals surface area (Å²) in [7, 11) is 4.06. The van der Waals surface area contributed by atoms with Crippen molar-refractivity contribution in [2.45, 2.75) is 44.8 Å². The molecule has 1 N–H and O–H groups in total. The summed E-state index contributed by atoms with van der Waals surface area (Å²) in [6, 6.07) is 7.73. The fourth-order valence-electron chi connectivity index (χ4n) is 2.71. The second-order valence-electron chi connectivity index (χ2n) is 5.02. The van der Waals surface area contributed by atoms with E-state index in [1.54, 1.807) is 0 Å². The molecule has 0 fully saturated rings. The van der Waals surface area contributed by atoms with Crippen molar-refractivity contribution in [3.8, 4) is 0 Å². The van der Waals surface area contributed by atoms with Crippen molar-refractivity contribution in [2.24, 2.45) is 0 Å². The van der Waals surface area contributed by atoms with E-state index in [2.05, 4.69) is 18.7 Å². The molecule has 0 aliphatic heterocycles. The minimum Gasteiger partial charge on any atom is -0.391 e. The Kier molecular flexibility index (Phi) is 5.64. The fourth-order valence-corrected chi connectivity index (χ4v) is 2.93. The molecule has 0 aliphatic rings. The number of aliphatic hydroxyl groups excluding tert-OH is 1. The van der Waals surface area contributed by atoms with E-state index in [1.807, 2.05) is 38.4 Å². The molecular weight excluding hydrogens is 246 g/mol. The van der Waals surface area contributed by atoms with Crippen LogP contribution in [-0.4, -0.2) is 35.7 Å². The van der Waals surface area contributed by atoms with E-state index in [9.17, 15) is 5.11 Å². The number of benzene rings is 1. The lowest BCUT2D eigenvalue weighted by Crippen LogP contribution is -2.53. The standard InChI is InChI=1S/C15H24ClNO/c1-5-15(6-2,17(3)4)14(18)11-12-9-7-8-10-13(12)16/h7-10,14,18H,5-6,11H2,1-4H3. The van der Waals surface area contributed by atoms with Crippen molar-refractivity contribution < 1.29 is 5.11 Å². The highest BCUT2D eigenvalue weighted by atomic mass is 35.5. The Morgan fingerprint density at radius 2 is 1.78 bits per heavy atom. The second kappa shape index (κ2) is 6.55. The van der Waals surface area contributed by atoms with Gasteiger partial charge in [-0.15, -0.1) is 0 Å². The van der Waals surface area contributed by atoms with Crippen LogP contribution in [0.5, 0.6) is 0 Å². The fraction of sp³-hybridized carbons (Fsp3) is 0.600. The Morgan fingerprint density at radius 3 is 2.22 bits per heavy atom. The van der Waals surface area contributed by atoms with Gasteiger partial charge in [-0.05, 0) is 38.6 Å². The molecule has 18 heavy (non-hydrogen) atoms. The summed E-state index contributed by atoms with van der Waals surface area (Å²) < 4.78 is 0. The van der Waals surface area contributed by atoms with Crippen molar-refractivity contribution in [3.05, 3.63) is 34.9 Å². The van der Waals surface area contributed by atoms with Gasteiger partial charge in [0.2, 0.25) is 0 Å². The SMILES string of the molecule is CCC(CC)(C(O)Cc1ccccc1Cl)N(C)C. The molecule has 0 saturated carbocycles. The first-order valence-electron chi connectivity index (χ1n) is 6.56. The zero-order valence-corrected chi connectivity index (χ0v) is 12.5. The van der Waals surface area contributed by atoms with Crippen LogP contribution in [0.1, 0.15) is 32.3 Å². The van der Waals surface area contributed by atoms with Crippen LogP contribution in [0.3, 0.4) is 0 Å². The molecule has 0 spiro atoms. The number of likely N-dealkylation sites (N-methyl/N-ethyl adjacent to an activating group) is 1. The minimum atomic E-state index is -0.414.